The zero-order valence-electron chi connectivity index (χ0n) is 14.8. The minimum atomic E-state index is 0.363. The molecule has 0 radical (unpaired) electrons. The maximum atomic E-state index is 3.88. The maximum Gasteiger partial charge on any atom is 0.0304 e. The second kappa shape index (κ2) is 8.38. The van der Waals surface area contributed by atoms with Gasteiger partial charge in [-0.2, -0.15) is 0 Å². The van der Waals surface area contributed by atoms with E-state index in [4.69, 9.17) is 0 Å². The van der Waals surface area contributed by atoms with Gasteiger partial charge in [-0.1, -0.05) is 48.0 Å². The Hall–Kier alpha value is -0.0800. The van der Waals surface area contributed by atoms with Gasteiger partial charge in [0.05, 0.1) is 0 Å². The van der Waals surface area contributed by atoms with Crippen LogP contribution in [0.4, 0.5) is 0 Å². The molecule has 0 saturated carbocycles. The van der Waals surface area contributed by atoms with Crippen molar-refractivity contribution in [2.24, 2.45) is 11.8 Å². The molecule has 1 aliphatic heterocycles. The molecule has 0 spiro atoms. The number of piperazine rings is 1. The van der Waals surface area contributed by atoms with Gasteiger partial charge in [0.15, 0.2) is 0 Å². The number of hydrogen-bond donors (Lipinski definition) is 1. The molecule has 2 nitrogen and oxygen atoms in total. The lowest BCUT2D eigenvalue weighted by molar-refractivity contribution is 0.0438. The topological polar surface area (TPSA) is 15.3 Å². The largest absolute Gasteiger partial charge is 0.308 e. The Morgan fingerprint density at radius 3 is 2.30 bits per heavy atom. The summed E-state index contributed by atoms with van der Waals surface area (Å²) in [5, 5.41) is 3.88. The summed E-state index contributed by atoms with van der Waals surface area (Å²) in [5.74, 6) is 1.63. The van der Waals surface area contributed by atoms with Crippen LogP contribution in [0.5, 0.6) is 0 Å². The second-order valence-corrected chi connectivity index (χ2v) is 7.33. The molecule has 120 valence electrons. The molecule has 2 heteroatoms. The molecule has 1 fully saturated rings. The molecule has 1 N–H and O–H groups in total. The Morgan fingerprint density at radius 1 is 1.15 bits per heavy atom. The lowest BCUT2D eigenvalue weighted by Gasteiger charge is -2.49. The lowest BCUT2D eigenvalue weighted by Crippen LogP contribution is -2.65. The fourth-order valence-corrected chi connectivity index (χ4v) is 3.52. The van der Waals surface area contributed by atoms with Crippen molar-refractivity contribution >= 4 is 0 Å². The Morgan fingerprint density at radius 2 is 1.80 bits per heavy atom. The van der Waals surface area contributed by atoms with Gasteiger partial charge in [0.25, 0.3) is 0 Å². The molecule has 1 saturated heterocycles. The summed E-state index contributed by atoms with van der Waals surface area (Å²) in [5.41, 5.74) is 0.363. The van der Waals surface area contributed by atoms with E-state index in [1.807, 2.05) is 0 Å². The van der Waals surface area contributed by atoms with Gasteiger partial charge in [0.2, 0.25) is 0 Å². The van der Waals surface area contributed by atoms with Gasteiger partial charge in [0.1, 0.15) is 0 Å². The third-order valence-electron chi connectivity index (χ3n) is 5.54. The minimum Gasteiger partial charge on any atom is -0.308 e. The molecule has 20 heavy (non-hydrogen) atoms. The molecular weight excluding hydrogens is 244 g/mol. The number of rotatable bonds is 8. The van der Waals surface area contributed by atoms with Crippen molar-refractivity contribution in [3.05, 3.63) is 0 Å². The summed E-state index contributed by atoms with van der Waals surface area (Å²) in [6.07, 6.45) is 6.50. The Balaban J connectivity index is 2.67. The molecular formula is C18H38N2. The van der Waals surface area contributed by atoms with Gasteiger partial charge in [-0.3, -0.25) is 4.90 Å². The third-order valence-corrected chi connectivity index (χ3v) is 5.54. The number of nitrogens with one attached hydrogen (secondary N) is 1. The summed E-state index contributed by atoms with van der Waals surface area (Å²) in [6.45, 7) is 17.8. The summed E-state index contributed by atoms with van der Waals surface area (Å²) < 4.78 is 0. The van der Waals surface area contributed by atoms with Gasteiger partial charge in [0, 0.05) is 24.7 Å². The van der Waals surface area contributed by atoms with E-state index in [9.17, 15) is 0 Å². The Labute approximate surface area is 127 Å². The highest BCUT2D eigenvalue weighted by atomic mass is 15.3. The summed E-state index contributed by atoms with van der Waals surface area (Å²) in [6, 6.07) is 0.735. The van der Waals surface area contributed by atoms with E-state index in [1.165, 1.54) is 51.7 Å². The maximum absolute atomic E-state index is 3.88. The van der Waals surface area contributed by atoms with Gasteiger partial charge in [-0.15, -0.1) is 0 Å². The fraction of sp³-hybridized carbons (Fsp3) is 1.00. The standard InChI is InChI=1S/C18H38N2/c1-7-16(6)17-13-19-18(8-2,9-3)14-20(17)12-10-11-15(4)5/h15-17,19H,7-14H2,1-6H3. The highest BCUT2D eigenvalue weighted by Gasteiger charge is 2.37. The predicted octanol–water partition coefficient (Wildman–Crippen LogP) is 4.30. The first-order chi connectivity index (χ1) is 9.48. The van der Waals surface area contributed by atoms with Crippen LogP contribution < -0.4 is 5.32 Å². The van der Waals surface area contributed by atoms with Crippen LogP contribution in [0.1, 0.15) is 73.6 Å². The van der Waals surface area contributed by atoms with Gasteiger partial charge in [-0.25, -0.2) is 0 Å². The average molecular weight is 283 g/mol. The van der Waals surface area contributed by atoms with Gasteiger partial charge < -0.3 is 5.32 Å². The Kier molecular flexibility index (Phi) is 7.53. The molecule has 0 aliphatic carbocycles. The van der Waals surface area contributed by atoms with Crippen LogP contribution in [0.3, 0.4) is 0 Å². The van der Waals surface area contributed by atoms with Gasteiger partial charge in [-0.05, 0) is 44.1 Å². The van der Waals surface area contributed by atoms with Crippen molar-refractivity contribution in [1.82, 2.24) is 10.2 Å². The zero-order valence-corrected chi connectivity index (χ0v) is 14.8. The minimum absolute atomic E-state index is 0.363. The smallest absolute Gasteiger partial charge is 0.0304 e. The van der Waals surface area contributed by atoms with E-state index in [0.717, 1.165) is 17.9 Å². The molecule has 2 atom stereocenters. The van der Waals surface area contributed by atoms with Crippen molar-refractivity contribution in [1.29, 1.82) is 0 Å². The highest BCUT2D eigenvalue weighted by Crippen LogP contribution is 2.27. The third kappa shape index (κ3) is 4.73. The quantitative estimate of drug-likeness (QED) is 0.714. The molecule has 1 rings (SSSR count). The van der Waals surface area contributed by atoms with Gasteiger partial charge >= 0.3 is 0 Å². The van der Waals surface area contributed by atoms with Crippen LogP contribution in [-0.4, -0.2) is 36.1 Å². The van der Waals surface area contributed by atoms with Crippen LogP contribution >= 0.6 is 0 Å². The van der Waals surface area contributed by atoms with Crippen molar-refractivity contribution in [3.63, 3.8) is 0 Å². The van der Waals surface area contributed by atoms with E-state index in [-0.39, 0.29) is 0 Å². The lowest BCUT2D eigenvalue weighted by atomic mass is 9.85. The molecule has 1 aliphatic rings. The van der Waals surface area contributed by atoms with Crippen molar-refractivity contribution in [2.45, 2.75) is 85.2 Å². The predicted molar refractivity (Wildman–Crippen MR) is 90.2 cm³/mol. The highest BCUT2D eigenvalue weighted by molar-refractivity contribution is 4.97. The van der Waals surface area contributed by atoms with E-state index in [1.54, 1.807) is 0 Å². The van der Waals surface area contributed by atoms with Crippen LogP contribution in [0, 0.1) is 11.8 Å². The van der Waals surface area contributed by atoms with Crippen LogP contribution in [-0.2, 0) is 0 Å². The SMILES string of the molecule is CCC(C)C1CNC(CC)(CC)CN1CCCC(C)C. The van der Waals surface area contributed by atoms with E-state index in [2.05, 4.69) is 51.8 Å². The number of nitrogens with zero attached hydrogens (tertiary/aromatic N) is 1. The first kappa shape index (κ1) is 18.0. The monoisotopic (exact) mass is 282 g/mol. The zero-order chi connectivity index (χ0) is 15.2. The van der Waals surface area contributed by atoms with Crippen molar-refractivity contribution in [3.8, 4) is 0 Å². The van der Waals surface area contributed by atoms with Crippen molar-refractivity contribution < 1.29 is 0 Å². The molecule has 0 aromatic rings. The van der Waals surface area contributed by atoms with E-state index >= 15 is 0 Å². The fourth-order valence-electron chi connectivity index (χ4n) is 3.52. The number of hydrogen-bond acceptors (Lipinski definition) is 2. The van der Waals surface area contributed by atoms with Crippen LogP contribution in [0.15, 0.2) is 0 Å². The van der Waals surface area contributed by atoms with E-state index < -0.39 is 0 Å². The van der Waals surface area contributed by atoms with Crippen molar-refractivity contribution in [2.75, 3.05) is 19.6 Å². The average Bonchev–Trinajstić information content (AvgIpc) is 2.46. The molecule has 0 aromatic carbocycles. The summed E-state index contributed by atoms with van der Waals surface area (Å²) in [4.78, 5) is 2.81. The summed E-state index contributed by atoms with van der Waals surface area (Å²) in [7, 11) is 0. The second-order valence-electron chi connectivity index (χ2n) is 7.33. The van der Waals surface area contributed by atoms with Crippen LogP contribution in [0.25, 0.3) is 0 Å². The first-order valence-electron chi connectivity index (χ1n) is 8.97. The molecule has 0 amide bonds. The first-order valence-corrected chi connectivity index (χ1v) is 8.97. The van der Waals surface area contributed by atoms with Crippen LogP contribution in [0.2, 0.25) is 0 Å². The molecule has 0 aromatic heterocycles. The summed E-state index contributed by atoms with van der Waals surface area (Å²) >= 11 is 0. The molecule has 0 bridgehead atoms. The molecule has 2 unspecified atom stereocenters. The molecule has 1 heterocycles. The normalized spacial score (nSPS) is 25.1. The van der Waals surface area contributed by atoms with E-state index in [0.29, 0.717) is 5.54 Å². The Bertz CT molecular complexity index is 258.